The summed E-state index contributed by atoms with van der Waals surface area (Å²) in [6.07, 6.45) is 0. The number of hydrogen-bond acceptors (Lipinski definition) is 5. The first kappa shape index (κ1) is 16.4. The maximum atomic E-state index is 13.0. The predicted octanol–water partition coefficient (Wildman–Crippen LogP) is 3.71. The van der Waals surface area contributed by atoms with Gasteiger partial charge in [0.1, 0.15) is 11.6 Å². The zero-order valence-electron chi connectivity index (χ0n) is 13.2. The molecule has 0 spiro atoms. The van der Waals surface area contributed by atoms with Crippen molar-refractivity contribution in [1.82, 2.24) is 4.98 Å². The van der Waals surface area contributed by atoms with Gasteiger partial charge in [-0.05, 0) is 36.8 Å². The standard InChI is InChI=1S/C17H15FN4O3/c1-8(9-2-4-10(18)5-3-9)16(24)22-21-15-13-11(20-17(15)25)6-7-12(23)14(13)19/h2-8,20,23,25H,19H2,1H3. The monoisotopic (exact) mass is 342 g/mol. The van der Waals surface area contributed by atoms with Gasteiger partial charge in [0.25, 0.3) is 5.91 Å². The largest absolute Gasteiger partial charge is 0.506 e. The highest BCUT2D eigenvalue weighted by molar-refractivity contribution is 6.04. The van der Waals surface area contributed by atoms with Crippen LogP contribution in [0.4, 0.5) is 15.8 Å². The number of benzene rings is 2. The average molecular weight is 342 g/mol. The highest BCUT2D eigenvalue weighted by Gasteiger charge is 2.18. The van der Waals surface area contributed by atoms with Crippen LogP contribution >= 0.6 is 0 Å². The average Bonchev–Trinajstić information content (AvgIpc) is 2.92. The summed E-state index contributed by atoms with van der Waals surface area (Å²) in [6, 6.07) is 8.38. The Morgan fingerprint density at radius 3 is 2.56 bits per heavy atom. The van der Waals surface area contributed by atoms with Gasteiger partial charge < -0.3 is 20.9 Å². The second-order valence-electron chi connectivity index (χ2n) is 5.55. The van der Waals surface area contributed by atoms with Gasteiger partial charge in [0.2, 0.25) is 5.88 Å². The molecule has 1 atom stereocenters. The van der Waals surface area contributed by atoms with Crippen LogP contribution in [-0.4, -0.2) is 21.1 Å². The van der Waals surface area contributed by atoms with Crippen molar-refractivity contribution in [2.75, 3.05) is 5.73 Å². The molecule has 1 amide bonds. The number of fused-ring (bicyclic) bond motifs is 1. The number of phenolic OH excluding ortho intramolecular Hbond substituents is 1. The second-order valence-corrected chi connectivity index (χ2v) is 5.55. The third-order valence-corrected chi connectivity index (χ3v) is 3.93. The third kappa shape index (κ3) is 3.01. The Kier molecular flexibility index (Phi) is 4.10. The van der Waals surface area contributed by atoms with Crippen molar-refractivity contribution >= 4 is 28.2 Å². The number of nitrogens with two attached hydrogens (primary N) is 1. The molecule has 0 bridgehead atoms. The van der Waals surface area contributed by atoms with E-state index in [9.17, 15) is 19.4 Å². The summed E-state index contributed by atoms with van der Waals surface area (Å²) in [5, 5.41) is 27.3. The zero-order chi connectivity index (χ0) is 18.1. The molecule has 0 saturated carbocycles. The highest BCUT2D eigenvalue weighted by Crippen LogP contribution is 2.42. The lowest BCUT2D eigenvalue weighted by molar-refractivity contribution is -0.119. The van der Waals surface area contributed by atoms with Crippen LogP contribution in [0.15, 0.2) is 46.6 Å². The molecule has 0 aliphatic heterocycles. The molecule has 2 aromatic carbocycles. The van der Waals surface area contributed by atoms with Crippen molar-refractivity contribution in [1.29, 1.82) is 0 Å². The molecule has 25 heavy (non-hydrogen) atoms. The number of hydrogen-bond donors (Lipinski definition) is 4. The number of aromatic hydroxyl groups is 2. The number of amides is 1. The van der Waals surface area contributed by atoms with Gasteiger partial charge >= 0.3 is 0 Å². The van der Waals surface area contributed by atoms with Gasteiger partial charge in [0.05, 0.1) is 22.5 Å². The van der Waals surface area contributed by atoms with Crippen LogP contribution in [0.3, 0.4) is 0 Å². The van der Waals surface area contributed by atoms with E-state index >= 15 is 0 Å². The first-order valence-corrected chi connectivity index (χ1v) is 7.41. The summed E-state index contributed by atoms with van der Waals surface area (Å²) >= 11 is 0. The lowest BCUT2D eigenvalue weighted by Crippen LogP contribution is -2.05. The van der Waals surface area contributed by atoms with Crippen molar-refractivity contribution in [2.24, 2.45) is 10.2 Å². The number of carbonyl (C=O) groups excluding carboxylic acids is 1. The van der Waals surface area contributed by atoms with Crippen LogP contribution in [0, 0.1) is 5.82 Å². The SMILES string of the molecule is CC(C(=O)N=Nc1c(O)[nH]c2ccc(O)c(N)c12)c1ccc(F)cc1. The van der Waals surface area contributed by atoms with Crippen molar-refractivity contribution in [2.45, 2.75) is 12.8 Å². The summed E-state index contributed by atoms with van der Waals surface area (Å²) in [5.74, 6) is -2.10. The Labute approximate surface area is 141 Å². The third-order valence-electron chi connectivity index (χ3n) is 3.93. The lowest BCUT2D eigenvalue weighted by atomic mass is 10.0. The highest BCUT2D eigenvalue weighted by atomic mass is 19.1. The molecular weight excluding hydrogens is 327 g/mol. The number of rotatable bonds is 3. The molecule has 3 rings (SSSR count). The first-order chi connectivity index (χ1) is 11.9. The summed E-state index contributed by atoms with van der Waals surface area (Å²) in [5.41, 5.74) is 6.81. The van der Waals surface area contributed by atoms with Crippen molar-refractivity contribution in [3.8, 4) is 11.6 Å². The van der Waals surface area contributed by atoms with E-state index in [4.69, 9.17) is 5.73 Å². The van der Waals surface area contributed by atoms with Crippen molar-refractivity contribution in [3.05, 3.63) is 47.8 Å². The van der Waals surface area contributed by atoms with E-state index in [-0.39, 0.29) is 28.4 Å². The number of nitrogens with zero attached hydrogens (tertiary/aromatic N) is 2. The van der Waals surface area contributed by atoms with E-state index < -0.39 is 17.6 Å². The molecule has 5 N–H and O–H groups in total. The van der Waals surface area contributed by atoms with E-state index in [1.165, 1.54) is 36.4 Å². The quantitative estimate of drug-likeness (QED) is 0.329. The molecule has 0 aliphatic carbocycles. The van der Waals surface area contributed by atoms with Crippen LogP contribution in [0.5, 0.6) is 11.6 Å². The van der Waals surface area contributed by atoms with Gasteiger partial charge in [0, 0.05) is 0 Å². The van der Waals surface area contributed by atoms with E-state index in [0.717, 1.165) is 0 Å². The van der Waals surface area contributed by atoms with E-state index in [2.05, 4.69) is 15.2 Å². The summed E-state index contributed by atoms with van der Waals surface area (Å²) < 4.78 is 13.0. The minimum Gasteiger partial charge on any atom is -0.506 e. The molecule has 1 unspecified atom stereocenters. The van der Waals surface area contributed by atoms with Crippen LogP contribution in [0.1, 0.15) is 18.4 Å². The number of carbonyl (C=O) groups is 1. The molecule has 7 nitrogen and oxygen atoms in total. The Morgan fingerprint density at radius 2 is 1.88 bits per heavy atom. The Hall–Kier alpha value is -3.42. The molecular formula is C17H15FN4O3. The summed E-state index contributed by atoms with van der Waals surface area (Å²) in [4.78, 5) is 14.8. The number of aromatic amines is 1. The number of aromatic nitrogens is 1. The summed E-state index contributed by atoms with van der Waals surface area (Å²) in [6.45, 7) is 1.61. The molecule has 8 heteroatoms. The van der Waals surface area contributed by atoms with Crippen LogP contribution in [0.25, 0.3) is 10.9 Å². The van der Waals surface area contributed by atoms with Gasteiger partial charge in [-0.25, -0.2) is 4.39 Å². The zero-order valence-corrected chi connectivity index (χ0v) is 13.2. The molecule has 3 aromatic rings. The van der Waals surface area contributed by atoms with Gasteiger partial charge in [-0.3, -0.25) is 4.79 Å². The van der Waals surface area contributed by atoms with Crippen molar-refractivity contribution in [3.63, 3.8) is 0 Å². The number of H-pyrrole nitrogens is 1. The fourth-order valence-electron chi connectivity index (χ4n) is 2.45. The van der Waals surface area contributed by atoms with E-state index in [1.807, 2.05) is 0 Å². The normalized spacial score (nSPS) is 12.7. The minimum absolute atomic E-state index is 0.0158. The topological polar surface area (TPSA) is 124 Å². The van der Waals surface area contributed by atoms with Gasteiger partial charge in [-0.1, -0.05) is 12.1 Å². The van der Waals surface area contributed by atoms with Crippen LogP contribution < -0.4 is 5.73 Å². The lowest BCUT2D eigenvalue weighted by Gasteiger charge is -2.06. The molecule has 1 heterocycles. The van der Waals surface area contributed by atoms with E-state index in [1.54, 1.807) is 6.92 Å². The number of azo groups is 1. The minimum atomic E-state index is -0.637. The van der Waals surface area contributed by atoms with Gasteiger partial charge in [-0.2, -0.15) is 0 Å². The van der Waals surface area contributed by atoms with E-state index in [0.29, 0.717) is 11.1 Å². The molecule has 0 radical (unpaired) electrons. The molecule has 0 fully saturated rings. The maximum absolute atomic E-state index is 13.0. The first-order valence-electron chi connectivity index (χ1n) is 7.41. The fourth-order valence-corrected chi connectivity index (χ4v) is 2.45. The Bertz CT molecular complexity index is 980. The van der Waals surface area contributed by atoms with Crippen LogP contribution in [-0.2, 0) is 4.79 Å². The number of nitrogen functional groups attached to an aromatic ring is 1. The Balaban J connectivity index is 1.92. The predicted molar refractivity (Wildman–Crippen MR) is 90.4 cm³/mol. The number of phenols is 1. The molecule has 0 saturated heterocycles. The summed E-state index contributed by atoms with van der Waals surface area (Å²) in [7, 11) is 0. The van der Waals surface area contributed by atoms with Crippen molar-refractivity contribution < 1.29 is 19.4 Å². The van der Waals surface area contributed by atoms with Gasteiger partial charge in [0.15, 0.2) is 5.69 Å². The second kappa shape index (κ2) is 6.23. The smallest absolute Gasteiger partial charge is 0.271 e. The van der Waals surface area contributed by atoms with Gasteiger partial charge in [-0.15, -0.1) is 10.2 Å². The number of anilines is 1. The molecule has 128 valence electrons. The molecule has 1 aromatic heterocycles. The Morgan fingerprint density at radius 1 is 1.20 bits per heavy atom. The van der Waals surface area contributed by atoms with Crippen LogP contribution in [0.2, 0.25) is 0 Å². The maximum Gasteiger partial charge on any atom is 0.271 e. The number of nitrogens with one attached hydrogen (secondary N) is 1. The molecule has 0 aliphatic rings. The fraction of sp³-hybridized carbons (Fsp3) is 0.118. The number of halogens is 1.